The fraction of sp³-hybridized carbons (Fsp3) is 0.909. The minimum absolute atomic E-state index is 0.0741. The molecule has 1 fully saturated rings. The first kappa shape index (κ1) is 14.4. The van der Waals surface area contributed by atoms with Crippen molar-refractivity contribution in [2.75, 3.05) is 31.7 Å². The average Bonchev–Trinajstić information content (AvgIpc) is 2.26. The second-order valence-electron chi connectivity index (χ2n) is 4.74. The Bertz CT molecular complexity index is 350. The van der Waals surface area contributed by atoms with Crippen molar-refractivity contribution in [3.05, 3.63) is 0 Å². The molecule has 1 heterocycles. The Balaban J connectivity index is 2.41. The summed E-state index contributed by atoms with van der Waals surface area (Å²) in [5.74, 6) is 0.196. The summed E-state index contributed by atoms with van der Waals surface area (Å²) in [7, 11) is -3.07. The smallest absolute Gasteiger partial charge is 0.223 e. The van der Waals surface area contributed by atoms with E-state index in [0.717, 1.165) is 25.5 Å². The van der Waals surface area contributed by atoms with Crippen molar-refractivity contribution in [2.24, 2.45) is 5.92 Å². The minimum atomic E-state index is -3.07. The first-order valence-electron chi connectivity index (χ1n) is 5.98. The largest absolute Gasteiger partial charge is 0.396 e. The molecule has 0 saturated carbocycles. The maximum atomic E-state index is 11.8. The third kappa shape index (κ3) is 5.50. The Morgan fingerprint density at radius 3 is 2.76 bits per heavy atom. The number of likely N-dealkylation sites (tertiary alicyclic amines) is 1. The number of hydrogen-bond donors (Lipinski definition) is 1. The highest BCUT2D eigenvalue weighted by molar-refractivity contribution is 7.90. The Kier molecular flexibility index (Phi) is 5.39. The van der Waals surface area contributed by atoms with Crippen LogP contribution >= 0.6 is 0 Å². The molecule has 1 unspecified atom stereocenters. The number of amides is 1. The minimum Gasteiger partial charge on any atom is -0.396 e. The van der Waals surface area contributed by atoms with Crippen molar-refractivity contribution < 1.29 is 18.3 Å². The normalized spacial score (nSPS) is 21.5. The molecule has 1 aliphatic rings. The molecule has 5 nitrogen and oxygen atoms in total. The van der Waals surface area contributed by atoms with E-state index in [1.165, 1.54) is 0 Å². The van der Waals surface area contributed by atoms with Crippen molar-refractivity contribution >= 4 is 15.7 Å². The molecule has 0 aromatic carbocycles. The van der Waals surface area contributed by atoms with Crippen molar-refractivity contribution in [3.63, 3.8) is 0 Å². The third-order valence-electron chi connectivity index (χ3n) is 3.10. The Morgan fingerprint density at radius 2 is 2.18 bits per heavy atom. The lowest BCUT2D eigenvalue weighted by Crippen LogP contribution is -2.40. The predicted octanol–water partition coefficient (Wildman–Crippen LogP) is 0.0421. The third-order valence-corrected chi connectivity index (χ3v) is 4.04. The summed E-state index contributed by atoms with van der Waals surface area (Å²) >= 11 is 0. The summed E-state index contributed by atoms with van der Waals surface area (Å²) in [5.41, 5.74) is 0. The summed E-state index contributed by atoms with van der Waals surface area (Å²) in [4.78, 5) is 13.5. The number of sulfone groups is 1. The predicted molar refractivity (Wildman–Crippen MR) is 65.3 cm³/mol. The zero-order valence-electron chi connectivity index (χ0n) is 10.3. The Hall–Kier alpha value is -0.620. The van der Waals surface area contributed by atoms with Crippen LogP contribution in [0.1, 0.15) is 25.7 Å². The molecule has 6 heteroatoms. The number of rotatable bonds is 5. The lowest BCUT2D eigenvalue weighted by molar-refractivity contribution is -0.132. The molecule has 0 radical (unpaired) electrons. The monoisotopic (exact) mass is 263 g/mol. The quantitative estimate of drug-likeness (QED) is 0.760. The fourth-order valence-corrected chi connectivity index (χ4v) is 2.69. The van der Waals surface area contributed by atoms with Gasteiger partial charge in [-0.2, -0.15) is 0 Å². The summed E-state index contributed by atoms with van der Waals surface area (Å²) in [5, 5.41) is 8.87. The standard InChI is InChI=1S/C11H21NO4S/c1-17(15,16)8-5-11(14)12-6-2-3-10(9-12)4-7-13/h10,13H,2-9H2,1H3. The van der Waals surface area contributed by atoms with Gasteiger partial charge in [0.2, 0.25) is 5.91 Å². The highest BCUT2D eigenvalue weighted by Gasteiger charge is 2.23. The zero-order valence-corrected chi connectivity index (χ0v) is 11.1. The van der Waals surface area contributed by atoms with Gasteiger partial charge in [-0.3, -0.25) is 4.79 Å². The second kappa shape index (κ2) is 6.35. The highest BCUT2D eigenvalue weighted by Crippen LogP contribution is 2.19. The van der Waals surface area contributed by atoms with E-state index in [4.69, 9.17) is 5.11 Å². The molecule has 17 heavy (non-hydrogen) atoms. The summed E-state index contributed by atoms with van der Waals surface area (Å²) < 4.78 is 22.0. The van der Waals surface area contributed by atoms with E-state index in [9.17, 15) is 13.2 Å². The van der Waals surface area contributed by atoms with Crippen molar-refractivity contribution in [2.45, 2.75) is 25.7 Å². The number of carbonyl (C=O) groups excluding carboxylic acids is 1. The first-order chi connectivity index (χ1) is 7.92. The van der Waals surface area contributed by atoms with Crippen LogP contribution in [0, 0.1) is 5.92 Å². The van der Waals surface area contributed by atoms with E-state index in [2.05, 4.69) is 0 Å². The van der Waals surface area contributed by atoms with Crippen LogP contribution in [0.3, 0.4) is 0 Å². The van der Waals surface area contributed by atoms with Crippen LogP contribution in [0.4, 0.5) is 0 Å². The van der Waals surface area contributed by atoms with Crippen LogP contribution in [0.15, 0.2) is 0 Å². The lowest BCUT2D eigenvalue weighted by Gasteiger charge is -2.32. The van der Waals surface area contributed by atoms with Crippen LogP contribution in [-0.2, 0) is 14.6 Å². The van der Waals surface area contributed by atoms with Gasteiger partial charge >= 0.3 is 0 Å². The molecule has 0 spiro atoms. The summed E-state index contributed by atoms with van der Waals surface area (Å²) in [6.07, 6.45) is 3.91. The maximum Gasteiger partial charge on any atom is 0.223 e. The number of aliphatic hydroxyl groups is 1. The second-order valence-corrected chi connectivity index (χ2v) is 7.00. The number of aliphatic hydroxyl groups excluding tert-OH is 1. The molecular formula is C11H21NO4S. The van der Waals surface area contributed by atoms with Gasteiger partial charge in [0.15, 0.2) is 0 Å². The maximum absolute atomic E-state index is 11.8. The topological polar surface area (TPSA) is 74.7 Å². The molecule has 1 aliphatic heterocycles. The van der Waals surface area contributed by atoms with Crippen LogP contribution in [0.25, 0.3) is 0 Å². The van der Waals surface area contributed by atoms with Gasteiger partial charge in [0.05, 0.1) is 5.75 Å². The van der Waals surface area contributed by atoms with Gasteiger partial charge in [-0.05, 0) is 25.2 Å². The van der Waals surface area contributed by atoms with E-state index >= 15 is 0 Å². The SMILES string of the molecule is CS(=O)(=O)CCC(=O)N1CCCC(CCO)C1. The Morgan fingerprint density at radius 1 is 1.47 bits per heavy atom. The molecule has 1 N–H and O–H groups in total. The van der Waals surface area contributed by atoms with Crippen molar-refractivity contribution in [1.82, 2.24) is 4.90 Å². The molecule has 0 aromatic heterocycles. The average molecular weight is 263 g/mol. The lowest BCUT2D eigenvalue weighted by atomic mass is 9.95. The van der Waals surface area contributed by atoms with Gasteiger partial charge in [-0.1, -0.05) is 0 Å². The molecule has 0 aromatic rings. The highest BCUT2D eigenvalue weighted by atomic mass is 32.2. The zero-order chi connectivity index (χ0) is 12.9. The van der Waals surface area contributed by atoms with E-state index in [1.807, 2.05) is 0 Å². The van der Waals surface area contributed by atoms with Gasteiger partial charge in [0.1, 0.15) is 9.84 Å². The summed E-state index contributed by atoms with van der Waals surface area (Å²) in [6, 6.07) is 0. The first-order valence-corrected chi connectivity index (χ1v) is 8.05. The molecule has 1 atom stereocenters. The molecule has 1 saturated heterocycles. The molecule has 100 valence electrons. The molecular weight excluding hydrogens is 242 g/mol. The number of hydrogen-bond acceptors (Lipinski definition) is 4. The van der Waals surface area contributed by atoms with E-state index in [0.29, 0.717) is 19.0 Å². The van der Waals surface area contributed by atoms with Crippen LogP contribution in [0.2, 0.25) is 0 Å². The van der Waals surface area contributed by atoms with Gasteiger partial charge in [0.25, 0.3) is 0 Å². The molecule has 1 rings (SSSR count). The van der Waals surface area contributed by atoms with Crippen molar-refractivity contribution in [1.29, 1.82) is 0 Å². The van der Waals surface area contributed by atoms with E-state index < -0.39 is 9.84 Å². The number of nitrogens with zero attached hydrogens (tertiary/aromatic N) is 1. The van der Waals surface area contributed by atoms with Gasteiger partial charge < -0.3 is 10.0 Å². The van der Waals surface area contributed by atoms with Crippen LogP contribution < -0.4 is 0 Å². The van der Waals surface area contributed by atoms with E-state index in [-0.39, 0.29) is 24.7 Å². The summed E-state index contributed by atoms with van der Waals surface area (Å²) in [6.45, 7) is 1.52. The van der Waals surface area contributed by atoms with Gasteiger partial charge in [-0.15, -0.1) is 0 Å². The molecule has 0 aliphatic carbocycles. The fourth-order valence-electron chi connectivity index (χ4n) is 2.14. The van der Waals surface area contributed by atoms with Crippen LogP contribution in [0.5, 0.6) is 0 Å². The number of piperidine rings is 1. The Labute approximate surface area is 103 Å². The molecule has 1 amide bonds. The van der Waals surface area contributed by atoms with Crippen molar-refractivity contribution in [3.8, 4) is 0 Å². The van der Waals surface area contributed by atoms with E-state index in [1.54, 1.807) is 4.90 Å². The molecule has 0 bridgehead atoms. The van der Waals surface area contributed by atoms with Gasteiger partial charge in [0, 0.05) is 32.4 Å². The number of carbonyl (C=O) groups is 1. The van der Waals surface area contributed by atoms with Gasteiger partial charge in [-0.25, -0.2) is 8.42 Å². The van der Waals surface area contributed by atoms with Crippen LogP contribution in [-0.4, -0.2) is 56.0 Å².